The third kappa shape index (κ3) is 3.64. The molecule has 0 aromatic heterocycles. The van der Waals surface area contributed by atoms with E-state index < -0.39 is 5.97 Å². The van der Waals surface area contributed by atoms with Gasteiger partial charge in [-0.05, 0) is 12.1 Å². The fraction of sp³-hybridized carbons (Fsp3) is 0.250. The van der Waals surface area contributed by atoms with Gasteiger partial charge in [-0.3, -0.25) is 0 Å². The molecule has 1 N–H and O–H groups in total. The van der Waals surface area contributed by atoms with Gasteiger partial charge in [-0.15, -0.1) is 6.42 Å². The first-order chi connectivity index (χ1) is 7.75. The lowest BCUT2D eigenvalue weighted by molar-refractivity contribution is 0.0688. The largest absolute Gasteiger partial charge is 0.490 e. The monoisotopic (exact) mass is 220 g/mol. The molecule has 0 fully saturated rings. The summed E-state index contributed by atoms with van der Waals surface area (Å²) in [6, 6.07) is 6.44. The molecule has 0 aliphatic heterocycles. The van der Waals surface area contributed by atoms with E-state index in [4.69, 9.17) is 21.0 Å². The van der Waals surface area contributed by atoms with E-state index in [1.165, 1.54) is 6.07 Å². The lowest BCUT2D eigenvalue weighted by Crippen LogP contribution is -2.09. The third-order valence-corrected chi connectivity index (χ3v) is 1.79. The number of benzene rings is 1. The van der Waals surface area contributed by atoms with E-state index in [0.29, 0.717) is 12.4 Å². The zero-order valence-corrected chi connectivity index (χ0v) is 8.68. The molecule has 0 spiro atoms. The molecule has 1 rings (SSSR count). The predicted octanol–water partition coefficient (Wildman–Crippen LogP) is 1.41. The van der Waals surface area contributed by atoms with E-state index in [0.717, 1.165) is 0 Å². The van der Waals surface area contributed by atoms with Crippen LogP contribution in [0.5, 0.6) is 5.75 Å². The average molecular weight is 220 g/mol. The van der Waals surface area contributed by atoms with Crippen molar-refractivity contribution in [3.05, 3.63) is 29.8 Å². The Morgan fingerprint density at radius 3 is 2.81 bits per heavy atom. The summed E-state index contributed by atoms with van der Waals surface area (Å²) in [7, 11) is 0. The van der Waals surface area contributed by atoms with Crippen molar-refractivity contribution < 1.29 is 19.4 Å². The number of carbonyl (C=O) groups is 1. The van der Waals surface area contributed by atoms with Crippen molar-refractivity contribution in [1.29, 1.82) is 0 Å². The molecule has 84 valence electrons. The van der Waals surface area contributed by atoms with Gasteiger partial charge in [-0.2, -0.15) is 0 Å². The molecule has 4 heteroatoms. The zero-order valence-electron chi connectivity index (χ0n) is 8.68. The van der Waals surface area contributed by atoms with Crippen molar-refractivity contribution in [2.24, 2.45) is 0 Å². The average Bonchev–Trinajstić information content (AvgIpc) is 2.29. The number of terminal acetylenes is 1. The Bertz CT molecular complexity index is 392. The van der Waals surface area contributed by atoms with Crippen molar-refractivity contribution in [3.63, 3.8) is 0 Å². The van der Waals surface area contributed by atoms with Crippen LogP contribution in [-0.4, -0.2) is 30.9 Å². The van der Waals surface area contributed by atoms with Crippen LogP contribution < -0.4 is 4.74 Å². The standard InChI is InChI=1S/C12H12O4/c1-2-7-15-8-9-16-11-6-4-3-5-10(11)12(13)14/h1,3-6H,7-9H2,(H,13,14). The highest BCUT2D eigenvalue weighted by Crippen LogP contribution is 2.17. The van der Waals surface area contributed by atoms with Gasteiger partial charge in [0.1, 0.15) is 24.5 Å². The second-order valence-corrected chi connectivity index (χ2v) is 2.91. The maximum atomic E-state index is 10.8. The number of aromatic carboxylic acids is 1. The lowest BCUT2D eigenvalue weighted by atomic mass is 10.2. The van der Waals surface area contributed by atoms with Gasteiger partial charge < -0.3 is 14.6 Å². The number of para-hydroxylation sites is 1. The molecule has 0 aliphatic rings. The maximum absolute atomic E-state index is 10.8. The number of rotatable bonds is 6. The predicted molar refractivity (Wildman–Crippen MR) is 58.5 cm³/mol. The Labute approximate surface area is 93.8 Å². The highest BCUT2D eigenvalue weighted by Gasteiger charge is 2.09. The molecular formula is C12H12O4. The van der Waals surface area contributed by atoms with Crippen molar-refractivity contribution >= 4 is 5.97 Å². The van der Waals surface area contributed by atoms with Gasteiger partial charge in [0.05, 0.1) is 6.61 Å². The SMILES string of the molecule is C#CCOCCOc1ccccc1C(=O)O. The first-order valence-electron chi connectivity index (χ1n) is 4.72. The molecule has 1 aromatic carbocycles. The fourth-order valence-corrected chi connectivity index (χ4v) is 1.11. The highest BCUT2D eigenvalue weighted by atomic mass is 16.5. The van der Waals surface area contributed by atoms with Gasteiger partial charge in [-0.25, -0.2) is 4.79 Å². The zero-order chi connectivity index (χ0) is 11.8. The van der Waals surface area contributed by atoms with Gasteiger partial charge in [0.2, 0.25) is 0 Å². The van der Waals surface area contributed by atoms with Gasteiger partial charge in [0.15, 0.2) is 0 Å². The lowest BCUT2D eigenvalue weighted by Gasteiger charge is -2.08. The summed E-state index contributed by atoms with van der Waals surface area (Å²) >= 11 is 0. The maximum Gasteiger partial charge on any atom is 0.339 e. The van der Waals surface area contributed by atoms with Crippen LogP contribution in [0.4, 0.5) is 0 Å². The van der Waals surface area contributed by atoms with E-state index in [9.17, 15) is 4.79 Å². The summed E-state index contributed by atoms with van der Waals surface area (Å²) in [5, 5.41) is 8.87. The minimum absolute atomic E-state index is 0.138. The van der Waals surface area contributed by atoms with Crippen LogP contribution in [0.15, 0.2) is 24.3 Å². The quantitative estimate of drug-likeness (QED) is 0.581. The molecule has 16 heavy (non-hydrogen) atoms. The van der Waals surface area contributed by atoms with E-state index in [2.05, 4.69) is 5.92 Å². The molecule has 0 amide bonds. The molecule has 0 unspecified atom stereocenters. The molecular weight excluding hydrogens is 208 g/mol. The fourth-order valence-electron chi connectivity index (χ4n) is 1.11. The summed E-state index contributed by atoms with van der Waals surface area (Å²) in [6.07, 6.45) is 4.99. The van der Waals surface area contributed by atoms with Crippen LogP contribution in [0.25, 0.3) is 0 Å². The molecule has 4 nitrogen and oxygen atoms in total. The number of hydrogen-bond donors (Lipinski definition) is 1. The summed E-state index contributed by atoms with van der Waals surface area (Å²) in [6.45, 7) is 0.827. The minimum atomic E-state index is -1.01. The van der Waals surface area contributed by atoms with Gasteiger partial charge >= 0.3 is 5.97 Å². The van der Waals surface area contributed by atoms with Crippen LogP contribution >= 0.6 is 0 Å². The van der Waals surface area contributed by atoms with Crippen LogP contribution in [-0.2, 0) is 4.74 Å². The summed E-state index contributed by atoms with van der Waals surface area (Å²) in [5.74, 6) is 1.64. The van der Waals surface area contributed by atoms with Crippen LogP contribution in [0.3, 0.4) is 0 Å². The number of hydrogen-bond acceptors (Lipinski definition) is 3. The van der Waals surface area contributed by atoms with E-state index in [-0.39, 0.29) is 18.8 Å². The summed E-state index contributed by atoms with van der Waals surface area (Å²) < 4.78 is 10.3. The van der Waals surface area contributed by atoms with E-state index >= 15 is 0 Å². The normalized spacial score (nSPS) is 9.44. The van der Waals surface area contributed by atoms with Gasteiger partial charge in [0.25, 0.3) is 0 Å². The van der Waals surface area contributed by atoms with Gasteiger partial charge in [0, 0.05) is 0 Å². The summed E-state index contributed by atoms with van der Waals surface area (Å²) in [5.41, 5.74) is 0.138. The molecule has 0 saturated carbocycles. The van der Waals surface area contributed by atoms with Crippen molar-refractivity contribution in [1.82, 2.24) is 0 Å². The van der Waals surface area contributed by atoms with Crippen LogP contribution in [0, 0.1) is 12.3 Å². The van der Waals surface area contributed by atoms with E-state index in [1.54, 1.807) is 18.2 Å². The molecule has 0 heterocycles. The molecule has 0 atom stereocenters. The topological polar surface area (TPSA) is 55.8 Å². The van der Waals surface area contributed by atoms with Crippen molar-refractivity contribution in [2.45, 2.75) is 0 Å². The minimum Gasteiger partial charge on any atom is -0.490 e. The number of ether oxygens (including phenoxy) is 2. The first kappa shape index (κ1) is 12.1. The number of carboxylic acid groups (broad SMARTS) is 1. The highest BCUT2D eigenvalue weighted by molar-refractivity contribution is 5.90. The molecule has 0 radical (unpaired) electrons. The second kappa shape index (κ2) is 6.49. The smallest absolute Gasteiger partial charge is 0.339 e. The third-order valence-electron chi connectivity index (χ3n) is 1.79. The Kier molecular flexibility index (Phi) is 4.90. The van der Waals surface area contributed by atoms with E-state index in [1.807, 2.05) is 0 Å². The number of carboxylic acids is 1. The van der Waals surface area contributed by atoms with Crippen molar-refractivity contribution in [3.8, 4) is 18.1 Å². The first-order valence-corrected chi connectivity index (χ1v) is 4.72. The molecule has 1 aromatic rings. The Morgan fingerprint density at radius 1 is 1.38 bits per heavy atom. The molecule has 0 aliphatic carbocycles. The molecule has 0 bridgehead atoms. The van der Waals surface area contributed by atoms with Gasteiger partial charge in [-0.1, -0.05) is 18.1 Å². The molecule has 0 saturated heterocycles. The van der Waals surface area contributed by atoms with Crippen LogP contribution in [0.1, 0.15) is 10.4 Å². The second-order valence-electron chi connectivity index (χ2n) is 2.91. The Balaban J connectivity index is 2.47. The Morgan fingerprint density at radius 2 is 2.12 bits per heavy atom. The van der Waals surface area contributed by atoms with Crippen molar-refractivity contribution in [2.75, 3.05) is 19.8 Å². The summed E-state index contributed by atoms with van der Waals surface area (Å²) in [4.78, 5) is 10.8. The van der Waals surface area contributed by atoms with Crippen LogP contribution in [0.2, 0.25) is 0 Å². The Hall–Kier alpha value is -1.99.